The Bertz CT molecular complexity index is 898. The molecule has 0 bridgehead atoms. The van der Waals surface area contributed by atoms with Gasteiger partial charge in [-0.15, -0.1) is 11.3 Å². The van der Waals surface area contributed by atoms with Gasteiger partial charge in [-0.2, -0.15) is 0 Å². The van der Waals surface area contributed by atoms with Crippen LogP contribution in [0.2, 0.25) is 0 Å². The molecule has 3 nitrogen and oxygen atoms in total. The van der Waals surface area contributed by atoms with Gasteiger partial charge in [0.2, 0.25) is 0 Å². The van der Waals surface area contributed by atoms with Crippen molar-refractivity contribution in [2.45, 2.75) is 20.0 Å². The minimum absolute atomic E-state index is 0.0333. The molecule has 0 radical (unpaired) electrons. The maximum Gasteiger partial charge on any atom is 0.262 e. The van der Waals surface area contributed by atoms with Crippen molar-refractivity contribution in [2.75, 3.05) is 10.2 Å². The van der Waals surface area contributed by atoms with Crippen molar-refractivity contribution in [1.82, 2.24) is 0 Å². The molecule has 1 aromatic heterocycles. The standard InChI is InChI=1S/C20H18N2OS/c1-13-7-9-15(10-8-13)22-19(18-14(2)11-12-24-18)21-17-6-4-3-5-16(17)20(22)23/h3-12,19,21H,1-2H3/t19-/m0/s1. The van der Waals surface area contributed by atoms with Crippen LogP contribution >= 0.6 is 11.3 Å². The van der Waals surface area contributed by atoms with Crippen molar-refractivity contribution in [1.29, 1.82) is 0 Å². The first-order valence-electron chi connectivity index (χ1n) is 7.95. The summed E-state index contributed by atoms with van der Waals surface area (Å²) in [4.78, 5) is 16.2. The number of rotatable bonds is 2. The molecular weight excluding hydrogens is 316 g/mol. The molecule has 1 aliphatic heterocycles. The van der Waals surface area contributed by atoms with Crippen molar-refractivity contribution in [2.24, 2.45) is 0 Å². The zero-order valence-electron chi connectivity index (χ0n) is 13.6. The predicted molar refractivity (Wildman–Crippen MR) is 99.9 cm³/mol. The molecule has 0 saturated carbocycles. The van der Waals surface area contributed by atoms with E-state index in [9.17, 15) is 4.79 Å². The van der Waals surface area contributed by atoms with Gasteiger partial charge in [0.15, 0.2) is 0 Å². The molecule has 1 amide bonds. The second-order valence-electron chi connectivity index (χ2n) is 6.07. The first-order valence-corrected chi connectivity index (χ1v) is 8.83. The molecule has 24 heavy (non-hydrogen) atoms. The van der Waals surface area contributed by atoms with E-state index in [1.165, 1.54) is 16.0 Å². The summed E-state index contributed by atoms with van der Waals surface area (Å²) in [5, 5.41) is 5.62. The maximum absolute atomic E-state index is 13.2. The average molecular weight is 334 g/mol. The summed E-state index contributed by atoms with van der Waals surface area (Å²) in [6.07, 6.45) is -0.185. The average Bonchev–Trinajstić information content (AvgIpc) is 3.02. The van der Waals surface area contributed by atoms with E-state index >= 15 is 0 Å². The smallest absolute Gasteiger partial charge is 0.262 e. The first kappa shape index (κ1) is 15.0. The van der Waals surface area contributed by atoms with Crippen LogP contribution in [0.3, 0.4) is 0 Å². The number of carbonyl (C=O) groups is 1. The van der Waals surface area contributed by atoms with E-state index in [2.05, 4.69) is 30.6 Å². The summed E-state index contributed by atoms with van der Waals surface area (Å²) in [6.45, 7) is 4.14. The summed E-state index contributed by atoms with van der Waals surface area (Å²) in [5.41, 5.74) is 4.89. The Labute approximate surface area is 145 Å². The van der Waals surface area contributed by atoms with E-state index < -0.39 is 0 Å². The molecule has 0 saturated heterocycles. The summed E-state index contributed by atoms with van der Waals surface area (Å²) < 4.78 is 0. The van der Waals surface area contributed by atoms with Crippen molar-refractivity contribution >= 4 is 28.6 Å². The molecule has 0 spiro atoms. The highest BCUT2D eigenvalue weighted by molar-refractivity contribution is 7.10. The van der Waals surface area contributed by atoms with Crippen molar-refractivity contribution < 1.29 is 4.79 Å². The van der Waals surface area contributed by atoms with Gasteiger partial charge in [0.05, 0.1) is 10.4 Å². The Balaban J connectivity index is 1.87. The molecular formula is C20H18N2OS. The molecule has 0 aliphatic carbocycles. The minimum atomic E-state index is -0.185. The highest BCUT2D eigenvalue weighted by Crippen LogP contribution is 2.39. The van der Waals surface area contributed by atoms with Crippen molar-refractivity contribution in [3.63, 3.8) is 0 Å². The number of amides is 1. The van der Waals surface area contributed by atoms with Gasteiger partial charge in [-0.3, -0.25) is 9.69 Å². The lowest BCUT2D eigenvalue weighted by Crippen LogP contribution is -2.43. The van der Waals surface area contributed by atoms with Gasteiger partial charge < -0.3 is 5.32 Å². The SMILES string of the molecule is Cc1ccc(N2C(=O)c3ccccc3N[C@@H]2c2sccc2C)cc1. The Morgan fingerprint density at radius 2 is 1.75 bits per heavy atom. The van der Waals surface area contributed by atoms with Crippen LogP contribution in [0.25, 0.3) is 0 Å². The monoisotopic (exact) mass is 334 g/mol. The summed E-state index contributed by atoms with van der Waals surface area (Å²) >= 11 is 1.68. The molecule has 2 aromatic carbocycles. The second kappa shape index (κ2) is 5.80. The quantitative estimate of drug-likeness (QED) is 0.704. The summed E-state index contributed by atoms with van der Waals surface area (Å²) in [6, 6.07) is 17.9. The second-order valence-corrected chi connectivity index (χ2v) is 7.02. The molecule has 0 unspecified atom stereocenters. The number of benzene rings is 2. The van der Waals surface area contributed by atoms with Crippen LogP contribution in [0, 0.1) is 13.8 Å². The van der Waals surface area contributed by atoms with Crippen LogP contribution in [0.4, 0.5) is 11.4 Å². The van der Waals surface area contributed by atoms with Gasteiger partial charge >= 0.3 is 0 Å². The number of hydrogen-bond acceptors (Lipinski definition) is 3. The molecule has 120 valence electrons. The zero-order valence-corrected chi connectivity index (χ0v) is 14.4. The summed E-state index contributed by atoms with van der Waals surface area (Å²) in [5.74, 6) is 0.0333. The van der Waals surface area contributed by atoms with E-state index in [-0.39, 0.29) is 12.1 Å². The Morgan fingerprint density at radius 1 is 1.00 bits per heavy atom. The maximum atomic E-state index is 13.2. The molecule has 3 aromatic rings. The van der Waals surface area contributed by atoms with Crippen LogP contribution in [0.15, 0.2) is 60.0 Å². The van der Waals surface area contributed by atoms with Gasteiger partial charge in [-0.1, -0.05) is 29.8 Å². The molecule has 1 aliphatic rings. The topological polar surface area (TPSA) is 32.3 Å². The number of thiophene rings is 1. The lowest BCUT2D eigenvalue weighted by molar-refractivity contribution is 0.0975. The van der Waals surface area contributed by atoms with E-state index in [0.29, 0.717) is 5.56 Å². The van der Waals surface area contributed by atoms with Crippen molar-refractivity contribution in [3.8, 4) is 0 Å². The number of fused-ring (bicyclic) bond motifs is 1. The molecule has 1 atom stereocenters. The third-order valence-corrected chi connectivity index (χ3v) is 5.46. The van der Waals surface area contributed by atoms with Crippen LogP contribution in [0.1, 0.15) is 32.5 Å². The van der Waals surface area contributed by atoms with E-state index in [4.69, 9.17) is 0 Å². The fourth-order valence-electron chi connectivity index (χ4n) is 3.07. The molecule has 1 N–H and O–H groups in total. The molecule has 4 rings (SSSR count). The van der Waals surface area contributed by atoms with Gasteiger partial charge in [-0.05, 0) is 55.1 Å². The molecule has 0 fully saturated rings. The lowest BCUT2D eigenvalue weighted by Gasteiger charge is -2.37. The number of para-hydroxylation sites is 1. The fourth-order valence-corrected chi connectivity index (χ4v) is 4.04. The summed E-state index contributed by atoms with van der Waals surface area (Å²) in [7, 11) is 0. The highest BCUT2D eigenvalue weighted by atomic mass is 32.1. The Morgan fingerprint density at radius 3 is 2.46 bits per heavy atom. The van der Waals surface area contributed by atoms with Crippen LogP contribution in [-0.4, -0.2) is 5.91 Å². The van der Waals surface area contributed by atoms with Crippen molar-refractivity contribution in [3.05, 3.63) is 81.5 Å². The third-order valence-electron chi connectivity index (χ3n) is 4.39. The molecule has 2 heterocycles. The predicted octanol–water partition coefficient (Wildman–Crippen LogP) is 5.14. The Kier molecular flexibility index (Phi) is 3.62. The zero-order chi connectivity index (χ0) is 16.7. The van der Waals surface area contributed by atoms with Crippen LogP contribution in [-0.2, 0) is 0 Å². The Hall–Kier alpha value is -2.59. The first-order chi connectivity index (χ1) is 11.6. The van der Waals surface area contributed by atoms with Gasteiger partial charge in [0, 0.05) is 11.4 Å². The number of hydrogen-bond donors (Lipinski definition) is 1. The fraction of sp³-hybridized carbons (Fsp3) is 0.150. The van der Waals surface area contributed by atoms with E-state index in [1.807, 2.05) is 53.4 Å². The van der Waals surface area contributed by atoms with E-state index in [1.54, 1.807) is 11.3 Å². The van der Waals surface area contributed by atoms with Crippen LogP contribution in [0.5, 0.6) is 0 Å². The van der Waals surface area contributed by atoms with Gasteiger partial charge in [0.1, 0.15) is 6.17 Å². The largest absolute Gasteiger partial charge is 0.360 e. The lowest BCUT2D eigenvalue weighted by atomic mass is 10.0. The number of aryl methyl sites for hydroxylation is 2. The number of carbonyl (C=O) groups excluding carboxylic acids is 1. The number of anilines is 2. The van der Waals surface area contributed by atoms with Gasteiger partial charge in [-0.25, -0.2) is 0 Å². The highest BCUT2D eigenvalue weighted by Gasteiger charge is 2.35. The number of nitrogens with zero attached hydrogens (tertiary/aromatic N) is 1. The molecule has 4 heteroatoms. The van der Waals surface area contributed by atoms with Crippen LogP contribution < -0.4 is 10.2 Å². The number of nitrogens with one attached hydrogen (secondary N) is 1. The minimum Gasteiger partial charge on any atom is -0.360 e. The normalized spacial score (nSPS) is 16.7. The van der Waals surface area contributed by atoms with Gasteiger partial charge in [0.25, 0.3) is 5.91 Å². The van der Waals surface area contributed by atoms with E-state index in [0.717, 1.165) is 11.4 Å². The third kappa shape index (κ3) is 2.39.